The van der Waals surface area contributed by atoms with Crippen LogP contribution in [0.5, 0.6) is 0 Å². The molecule has 0 aliphatic rings. The molecule has 0 aliphatic heterocycles. The third-order valence-electron chi connectivity index (χ3n) is 5.77. The lowest BCUT2D eigenvalue weighted by atomic mass is 9.86. The number of ether oxygens (including phenoxy) is 2. The van der Waals surface area contributed by atoms with Crippen LogP contribution < -0.4 is 0 Å². The SMILES string of the molecule is CC(C)COC(=O)CCCCCCCCCCCC(CCC(=O)OCC(C)C)C(C)C. The zero-order valence-electron chi connectivity index (χ0n) is 21.5. The van der Waals surface area contributed by atoms with E-state index in [2.05, 4.69) is 41.5 Å². The average Bonchev–Trinajstić information content (AvgIpc) is 2.70. The normalized spacial score (nSPS) is 12.5. The van der Waals surface area contributed by atoms with Gasteiger partial charge in [-0.15, -0.1) is 0 Å². The molecular weight excluding hydrogens is 388 g/mol. The molecule has 4 heteroatoms. The van der Waals surface area contributed by atoms with E-state index in [1.807, 2.05) is 0 Å². The summed E-state index contributed by atoms with van der Waals surface area (Å²) >= 11 is 0. The number of hydrogen-bond donors (Lipinski definition) is 0. The standard InChI is InChI=1S/C27H52O4/c1-22(2)20-30-26(28)17-15-13-11-9-7-8-10-12-14-16-25(24(5)6)18-19-27(29)31-21-23(3)4/h22-25H,7-21H2,1-6H3. The van der Waals surface area contributed by atoms with Crippen LogP contribution in [0.1, 0.15) is 125 Å². The second kappa shape index (κ2) is 19.6. The maximum absolute atomic E-state index is 11.9. The number of rotatable bonds is 20. The van der Waals surface area contributed by atoms with Crippen LogP contribution in [0.4, 0.5) is 0 Å². The highest BCUT2D eigenvalue weighted by Gasteiger charge is 2.15. The van der Waals surface area contributed by atoms with Crippen LogP contribution in [0.2, 0.25) is 0 Å². The highest BCUT2D eigenvalue weighted by Crippen LogP contribution is 2.24. The predicted octanol–water partition coefficient (Wildman–Crippen LogP) is 7.73. The fourth-order valence-electron chi connectivity index (χ4n) is 3.69. The van der Waals surface area contributed by atoms with Gasteiger partial charge in [-0.05, 0) is 36.5 Å². The van der Waals surface area contributed by atoms with Gasteiger partial charge in [0, 0.05) is 12.8 Å². The van der Waals surface area contributed by atoms with Gasteiger partial charge in [-0.3, -0.25) is 9.59 Å². The molecule has 1 unspecified atom stereocenters. The van der Waals surface area contributed by atoms with Gasteiger partial charge < -0.3 is 9.47 Å². The number of hydrogen-bond acceptors (Lipinski definition) is 4. The third kappa shape index (κ3) is 20.6. The van der Waals surface area contributed by atoms with Crippen LogP contribution in [0.25, 0.3) is 0 Å². The summed E-state index contributed by atoms with van der Waals surface area (Å²) in [5, 5.41) is 0. The van der Waals surface area contributed by atoms with Crippen LogP contribution in [-0.4, -0.2) is 25.2 Å². The van der Waals surface area contributed by atoms with E-state index in [0.717, 1.165) is 19.3 Å². The summed E-state index contributed by atoms with van der Waals surface area (Å²) in [7, 11) is 0. The summed E-state index contributed by atoms with van der Waals surface area (Å²) in [5.74, 6) is 1.99. The molecule has 0 N–H and O–H groups in total. The van der Waals surface area contributed by atoms with Crippen molar-refractivity contribution in [2.75, 3.05) is 13.2 Å². The average molecular weight is 441 g/mol. The summed E-state index contributed by atoms with van der Waals surface area (Å²) in [6, 6.07) is 0. The van der Waals surface area contributed by atoms with E-state index >= 15 is 0 Å². The molecule has 0 amide bonds. The molecule has 0 spiro atoms. The molecule has 4 nitrogen and oxygen atoms in total. The minimum absolute atomic E-state index is 0.0354. The highest BCUT2D eigenvalue weighted by molar-refractivity contribution is 5.69. The quantitative estimate of drug-likeness (QED) is 0.143. The Balaban J connectivity index is 3.59. The summed E-state index contributed by atoms with van der Waals surface area (Å²) < 4.78 is 10.5. The van der Waals surface area contributed by atoms with Crippen molar-refractivity contribution >= 4 is 11.9 Å². The second-order valence-electron chi connectivity index (χ2n) is 10.4. The van der Waals surface area contributed by atoms with Crippen LogP contribution in [0.3, 0.4) is 0 Å². The molecule has 0 aliphatic carbocycles. The fourth-order valence-corrected chi connectivity index (χ4v) is 3.69. The van der Waals surface area contributed by atoms with Crippen LogP contribution >= 0.6 is 0 Å². The summed E-state index contributed by atoms with van der Waals surface area (Å²) in [4.78, 5) is 23.4. The number of carbonyl (C=O) groups is 2. The number of esters is 2. The first-order valence-electron chi connectivity index (χ1n) is 13.0. The van der Waals surface area contributed by atoms with Gasteiger partial charge in [0.1, 0.15) is 0 Å². The molecule has 0 fully saturated rings. The van der Waals surface area contributed by atoms with E-state index in [1.54, 1.807) is 0 Å². The lowest BCUT2D eigenvalue weighted by Gasteiger charge is -2.20. The first kappa shape index (κ1) is 29.9. The van der Waals surface area contributed by atoms with E-state index in [0.29, 0.717) is 49.7 Å². The minimum atomic E-state index is -0.0409. The van der Waals surface area contributed by atoms with Crippen molar-refractivity contribution in [3.63, 3.8) is 0 Å². The van der Waals surface area contributed by atoms with Crippen molar-refractivity contribution in [2.24, 2.45) is 23.7 Å². The highest BCUT2D eigenvalue weighted by atomic mass is 16.5. The van der Waals surface area contributed by atoms with Crippen LogP contribution in [-0.2, 0) is 19.1 Å². The van der Waals surface area contributed by atoms with Crippen molar-refractivity contribution in [2.45, 2.75) is 125 Å². The first-order chi connectivity index (χ1) is 14.7. The Bertz CT molecular complexity index is 443. The summed E-state index contributed by atoms with van der Waals surface area (Å²) in [6.07, 6.45) is 14.4. The van der Waals surface area contributed by atoms with Gasteiger partial charge >= 0.3 is 11.9 Å². The predicted molar refractivity (Wildman–Crippen MR) is 130 cm³/mol. The zero-order chi connectivity index (χ0) is 23.5. The Morgan fingerprint density at radius 1 is 0.548 bits per heavy atom. The van der Waals surface area contributed by atoms with Crippen molar-refractivity contribution in [1.29, 1.82) is 0 Å². The minimum Gasteiger partial charge on any atom is -0.465 e. The van der Waals surface area contributed by atoms with Crippen LogP contribution in [0.15, 0.2) is 0 Å². The molecule has 0 bridgehead atoms. The maximum Gasteiger partial charge on any atom is 0.305 e. The Morgan fingerprint density at radius 3 is 1.42 bits per heavy atom. The van der Waals surface area contributed by atoms with Gasteiger partial charge in [0.2, 0.25) is 0 Å². The van der Waals surface area contributed by atoms with E-state index in [9.17, 15) is 9.59 Å². The molecule has 0 rings (SSSR count). The van der Waals surface area contributed by atoms with E-state index < -0.39 is 0 Å². The summed E-state index contributed by atoms with van der Waals surface area (Å²) in [6.45, 7) is 13.9. The Morgan fingerprint density at radius 2 is 0.968 bits per heavy atom. The van der Waals surface area contributed by atoms with E-state index in [1.165, 1.54) is 51.4 Å². The second-order valence-corrected chi connectivity index (χ2v) is 10.4. The molecule has 1 atom stereocenters. The monoisotopic (exact) mass is 440 g/mol. The molecule has 0 heterocycles. The molecule has 0 radical (unpaired) electrons. The van der Waals surface area contributed by atoms with Crippen molar-refractivity contribution in [3.8, 4) is 0 Å². The van der Waals surface area contributed by atoms with Gasteiger partial charge in [0.25, 0.3) is 0 Å². The zero-order valence-corrected chi connectivity index (χ0v) is 21.5. The van der Waals surface area contributed by atoms with Gasteiger partial charge in [0.15, 0.2) is 0 Å². The molecule has 0 aromatic carbocycles. The molecular formula is C27H52O4. The van der Waals surface area contributed by atoms with Crippen molar-refractivity contribution in [3.05, 3.63) is 0 Å². The molecule has 184 valence electrons. The number of carbonyl (C=O) groups excluding carboxylic acids is 2. The lowest BCUT2D eigenvalue weighted by Crippen LogP contribution is -2.14. The topological polar surface area (TPSA) is 52.6 Å². The molecule has 31 heavy (non-hydrogen) atoms. The first-order valence-corrected chi connectivity index (χ1v) is 13.0. The third-order valence-corrected chi connectivity index (χ3v) is 5.77. The van der Waals surface area contributed by atoms with E-state index in [-0.39, 0.29) is 11.9 Å². The van der Waals surface area contributed by atoms with Crippen molar-refractivity contribution in [1.82, 2.24) is 0 Å². The Kier molecular flexibility index (Phi) is 18.9. The summed E-state index contributed by atoms with van der Waals surface area (Å²) in [5.41, 5.74) is 0. The molecule has 0 aromatic heterocycles. The van der Waals surface area contributed by atoms with E-state index in [4.69, 9.17) is 9.47 Å². The molecule has 0 saturated carbocycles. The van der Waals surface area contributed by atoms with Crippen LogP contribution in [0, 0.1) is 23.7 Å². The van der Waals surface area contributed by atoms with Gasteiger partial charge in [0.05, 0.1) is 13.2 Å². The smallest absolute Gasteiger partial charge is 0.305 e. The fraction of sp³-hybridized carbons (Fsp3) is 0.926. The number of unbranched alkanes of at least 4 members (excludes halogenated alkanes) is 8. The Hall–Kier alpha value is -1.06. The molecule has 0 saturated heterocycles. The molecule has 0 aromatic rings. The van der Waals surface area contributed by atoms with Gasteiger partial charge in [-0.25, -0.2) is 0 Å². The maximum atomic E-state index is 11.9. The van der Waals surface area contributed by atoms with Gasteiger partial charge in [-0.1, -0.05) is 99.3 Å². The largest absolute Gasteiger partial charge is 0.465 e. The van der Waals surface area contributed by atoms with Gasteiger partial charge in [-0.2, -0.15) is 0 Å². The Labute approximate surface area is 193 Å². The van der Waals surface area contributed by atoms with Crippen molar-refractivity contribution < 1.29 is 19.1 Å². The lowest BCUT2D eigenvalue weighted by molar-refractivity contribution is -0.145.